The Labute approximate surface area is 156 Å². The molecule has 0 saturated carbocycles. The minimum atomic E-state index is 0. The zero-order valence-electron chi connectivity index (χ0n) is 15.1. The summed E-state index contributed by atoms with van der Waals surface area (Å²) in [6.07, 6.45) is 0.810. The molecule has 2 N–H and O–H groups in total. The van der Waals surface area contributed by atoms with Crippen LogP contribution in [0.2, 0.25) is 0 Å². The monoisotopic (exact) mass is 362 g/mol. The van der Waals surface area contributed by atoms with Crippen LogP contribution in [-0.2, 0) is 13.0 Å². The van der Waals surface area contributed by atoms with Gasteiger partial charge in [-0.25, -0.2) is 0 Å². The van der Waals surface area contributed by atoms with Crippen molar-refractivity contribution in [2.24, 2.45) is 5.73 Å². The number of carbonyl (C=O) groups excluding carboxylic acids is 1. The molecule has 0 aliphatic rings. The van der Waals surface area contributed by atoms with Gasteiger partial charge in [-0.05, 0) is 55.7 Å². The van der Waals surface area contributed by atoms with Gasteiger partial charge < -0.3 is 15.4 Å². The maximum absolute atomic E-state index is 12.8. The third kappa shape index (κ3) is 5.48. The van der Waals surface area contributed by atoms with Gasteiger partial charge in [0.05, 0.1) is 7.11 Å². The van der Waals surface area contributed by atoms with Gasteiger partial charge in [-0.2, -0.15) is 0 Å². The third-order valence-electron chi connectivity index (χ3n) is 4.26. The average Bonchev–Trinajstić information content (AvgIpc) is 2.63. The van der Waals surface area contributed by atoms with Gasteiger partial charge in [0.2, 0.25) is 0 Å². The largest absolute Gasteiger partial charge is 0.497 e. The zero-order chi connectivity index (χ0) is 17.5. The lowest BCUT2D eigenvalue weighted by Crippen LogP contribution is -2.39. The molecule has 136 valence electrons. The lowest BCUT2D eigenvalue weighted by molar-refractivity contribution is 0.0703. The number of hydrogen-bond donors (Lipinski definition) is 1. The molecule has 2 aromatic rings. The topological polar surface area (TPSA) is 55.6 Å². The first-order chi connectivity index (χ1) is 11.6. The predicted molar refractivity (Wildman–Crippen MR) is 104 cm³/mol. The van der Waals surface area contributed by atoms with E-state index in [0.717, 1.165) is 17.7 Å². The summed E-state index contributed by atoms with van der Waals surface area (Å²) in [4.78, 5) is 14.7. The van der Waals surface area contributed by atoms with Crippen molar-refractivity contribution in [1.29, 1.82) is 0 Å². The van der Waals surface area contributed by atoms with Gasteiger partial charge in [0.15, 0.2) is 0 Å². The van der Waals surface area contributed by atoms with Crippen molar-refractivity contribution in [1.82, 2.24) is 4.90 Å². The quantitative estimate of drug-likeness (QED) is 0.817. The van der Waals surface area contributed by atoms with Crippen molar-refractivity contribution in [2.45, 2.75) is 32.9 Å². The van der Waals surface area contributed by atoms with Crippen LogP contribution in [0.3, 0.4) is 0 Å². The molecule has 0 aliphatic heterocycles. The van der Waals surface area contributed by atoms with Crippen LogP contribution in [-0.4, -0.2) is 30.5 Å². The zero-order valence-corrected chi connectivity index (χ0v) is 15.9. The molecule has 5 heteroatoms. The van der Waals surface area contributed by atoms with Crippen molar-refractivity contribution < 1.29 is 9.53 Å². The smallest absolute Gasteiger partial charge is 0.254 e. The molecule has 1 amide bonds. The third-order valence-corrected chi connectivity index (χ3v) is 4.26. The molecule has 0 radical (unpaired) electrons. The lowest BCUT2D eigenvalue weighted by Gasteiger charge is -2.28. The Morgan fingerprint density at radius 2 is 1.64 bits per heavy atom. The number of methoxy groups -OCH3 is 1. The minimum Gasteiger partial charge on any atom is -0.497 e. The molecule has 0 fully saturated rings. The van der Waals surface area contributed by atoms with Crippen molar-refractivity contribution in [3.63, 3.8) is 0 Å². The van der Waals surface area contributed by atoms with Gasteiger partial charge in [0.25, 0.3) is 5.91 Å². The molecular formula is C20H27ClN2O2. The van der Waals surface area contributed by atoms with Crippen LogP contribution >= 0.6 is 12.4 Å². The van der Waals surface area contributed by atoms with Crippen LogP contribution in [0.1, 0.15) is 35.3 Å². The van der Waals surface area contributed by atoms with Gasteiger partial charge in [0.1, 0.15) is 5.75 Å². The van der Waals surface area contributed by atoms with Gasteiger partial charge in [0, 0.05) is 24.7 Å². The Balaban J connectivity index is 0.00000312. The van der Waals surface area contributed by atoms with Crippen molar-refractivity contribution in [3.05, 3.63) is 65.2 Å². The fourth-order valence-corrected chi connectivity index (χ4v) is 2.82. The summed E-state index contributed by atoms with van der Waals surface area (Å²) in [5, 5.41) is 0. The van der Waals surface area contributed by atoms with Gasteiger partial charge in [-0.3, -0.25) is 4.79 Å². The second kappa shape index (κ2) is 10.1. The lowest BCUT2D eigenvalue weighted by atomic mass is 10.0. The highest BCUT2D eigenvalue weighted by molar-refractivity contribution is 5.94. The number of benzene rings is 2. The number of rotatable bonds is 7. The van der Waals surface area contributed by atoms with E-state index in [9.17, 15) is 4.79 Å². The van der Waals surface area contributed by atoms with Crippen LogP contribution in [0, 0.1) is 0 Å². The number of likely N-dealkylation sites (N-methyl/N-ethyl adjacent to an activating group) is 1. The van der Waals surface area contributed by atoms with E-state index in [1.165, 1.54) is 5.56 Å². The van der Waals surface area contributed by atoms with Crippen LogP contribution in [0.25, 0.3) is 0 Å². The van der Waals surface area contributed by atoms with E-state index in [-0.39, 0.29) is 24.4 Å². The van der Waals surface area contributed by atoms with E-state index in [1.54, 1.807) is 7.11 Å². The summed E-state index contributed by atoms with van der Waals surface area (Å²) < 4.78 is 5.18. The molecule has 2 aromatic carbocycles. The number of halogens is 1. The first-order valence-corrected chi connectivity index (χ1v) is 8.32. The van der Waals surface area contributed by atoms with Crippen LogP contribution in [0.15, 0.2) is 48.5 Å². The molecule has 0 heterocycles. The molecular weight excluding hydrogens is 336 g/mol. The molecule has 2 rings (SSSR count). The number of nitrogens with zero attached hydrogens (tertiary/aromatic N) is 1. The Hall–Kier alpha value is -2.04. The highest BCUT2D eigenvalue weighted by Gasteiger charge is 2.20. The summed E-state index contributed by atoms with van der Waals surface area (Å²) in [7, 11) is 1.66. The van der Waals surface area contributed by atoms with Crippen LogP contribution < -0.4 is 10.5 Å². The normalized spacial score (nSPS) is 11.4. The number of carbonyl (C=O) groups is 1. The van der Waals surface area contributed by atoms with E-state index in [2.05, 4.69) is 6.92 Å². The van der Waals surface area contributed by atoms with Crippen LogP contribution in [0.4, 0.5) is 0 Å². The van der Waals surface area contributed by atoms with E-state index >= 15 is 0 Å². The number of nitrogens with two attached hydrogens (primary N) is 1. The van der Waals surface area contributed by atoms with E-state index in [0.29, 0.717) is 18.7 Å². The fourth-order valence-electron chi connectivity index (χ4n) is 2.82. The summed E-state index contributed by atoms with van der Waals surface area (Å²) >= 11 is 0. The highest BCUT2D eigenvalue weighted by Crippen LogP contribution is 2.16. The number of amides is 1. The molecule has 25 heavy (non-hydrogen) atoms. The summed E-state index contributed by atoms with van der Waals surface area (Å²) in [5.74, 6) is 0.900. The first kappa shape index (κ1) is 21.0. The molecule has 0 saturated heterocycles. The highest BCUT2D eigenvalue weighted by atomic mass is 35.5. The maximum Gasteiger partial charge on any atom is 0.254 e. The van der Waals surface area contributed by atoms with Crippen molar-refractivity contribution >= 4 is 18.3 Å². The minimum absolute atomic E-state index is 0. The summed E-state index contributed by atoms with van der Waals surface area (Å²) in [6.45, 7) is 5.26. The van der Waals surface area contributed by atoms with Gasteiger partial charge >= 0.3 is 0 Å². The molecule has 0 spiro atoms. The van der Waals surface area contributed by atoms with Gasteiger partial charge in [-0.15, -0.1) is 12.4 Å². The van der Waals surface area contributed by atoms with Crippen molar-refractivity contribution in [2.75, 3.05) is 13.7 Å². The molecule has 1 atom stereocenters. The predicted octanol–water partition coefficient (Wildman–Crippen LogP) is 3.67. The molecule has 0 aromatic heterocycles. The van der Waals surface area contributed by atoms with E-state index < -0.39 is 0 Å². The standard InChI is InChI=1S/C20H26N2O2.ClH/c1-4-22(20(23)18-9-5-17(14-21)6-10-18)15(2)13-16-7-11-19(24-3)12-8-16;/h5-12,15H,4,13-14,21H2,1-3H3;1H. The molecule has 0 aliphatic carbocycles. The van der Waals surface area contributed by atoms with Crippen molar-refractivity contribution in [3.8, 4) is 5.75 Å². The molecule has 4 nitrogen and oxygen atoms in total. The Morgan fingerprint density at radius 1 is 1.08 bits per heavy atom. The Morgan fingerprint density at radius 3 is 2.12 bits per heavy atom. The van der Waals surface area contributed by atoms with Crippen LogP contribution in [0.5, 0.6) is 5.75 Å². The number of ether oxygens (including phenoxy) is 1. The van der Waals surface area contributed by atoms with E-state index in [4.69, 9.17) is 10.5 Å². The van der Waals surface area contributed by atoms with Gasteiger partial charge in [-0.1, -0.05) is 24.3 Å². The SMILES string of the molecule is CCN(C(=O)c1ccc(CN)cc1)C(C)Cc1ccc(OC)cc1.Cl. The summed E-state index contributed by atoms with van der Waals surface area (Å²) in [6, 6.07) is 15.6. The second-order valence-electron chi connectivity index (χ2n) is 5.89. The fraction of sp³-hybridized carbons (Fsp3) is 0.350. The number of hydrogen-bond acceptors (Lipinski definition) is 3. The first-order valence-electron chi connectivity index (χ1n) is 8.32. The second-order valence-corrected chi connectivity index (χ2v) is 5.89. The maximum atomic E-state index is 12.8. The molecule has 0 bridgehead atoms. The Bertz CT molecular complexity index is 656. The Kier molecular flexibility index (Phi) is 8.46. The summed E-state index contributed by atoms with van der Waals surface area (Å²) in [5.41, 5.74) is 8.53. The average molecular weight is 363 g/mol. The van der Waals surface area contributed by atoms with E-state index in [1.807, 2.05) is 60.4 Å². The molecule has 1 unspecified atom stereocenters.